The van der Waals surface area contributed by atoms with Crippen molar-refractivity contribution in [2.24, 2.45) is 23.7 Å². The molecule has 0 spiro atoms. The van der Waals surface area contributed by atoms with E-state index in [0.29, 0.717) is 10.1 Å². The van der Waals surface area contributed by atoms with Gasteiger partial charge >= 0.3 is 6.16 Å². The maximum Gasteiger partial charge on any atom is 0.560 e. The van der Waals surface area contributed by atoms with Crippen LogP contribution in [0.1, 0.15) is 77.0 Å². The van der Waals surface area contributed by atoms with Crippen LogP contribution in [0.4, 0.5) is 4.79 Å². The number of carbonyl (C=O) groups excluding carboxylic acids is 5. The fourth-order valence-corrected chi connectivity index (χ4v) is 5.54. The lowest BCUT2D eigenvalue weighted by molar-refractivity contribution is -0.199. The molecule has 184 valence electrons. The molecule has 2 aliphatic heterocycles. The van der Waals surface area contributed by atoms with Crippen LogP contribution in [-0.2, 0) is 28.9 Å². The molecule has 4 atom stereocenters. The third-order valence-corrected chi connectivity index (χ3v) is 7.38. The van der Waals surface area contributed by atoms with E-state index in [1.807, 2.05) is 0 Å². The summed E-state index contributed by atoms with van der Waals surface area (Å²) in [5.74, 6) is -3.40. The zero-order valence-electron chi connectivity index (χ0n) is 19.4. The van der Waals surface area contributed by atoms with Gasteiger partial charge in [-0.3, -0.25) is 28.9 Å². The Balaban J connectivity index is 1.33. The van der Waals surface area contributed by atoms with Crippen LogP contribution in [0, 0.1) is 23.7 Å². The highest BCUT2D eigenvalue weighted by molar-refractivity contribution is 6.04. The van der Waals surface area contributed by atoms with Gasteiger partial charge in [0.05, 0.1) is 11.8 Å². The highest BCUT2D eigenvalue weighted by Crippen LogP contribution is 2.36. The van der Waals surface area contributed by atoms with E-state index in [9.17, 15) is 24.0 Å². The van der Waals surface area contributed by atoms with Crippen molar-refractivity contribution in [3.05, 3.63) is 24.3 Å². The molecule has 34 heavy (non-hydrogen) atoms. The Kier molecular flexibility index (Phi) is 7.80. The largest absolute Gasteiger partial charge is 0.560 e. The second kappa shape index (κ2) is 11.0. The first-order chi connectivity index (χ1) is 16.5. The second-order valence-electron chi connectivity index (χ2n) is 9.59. The minimum absolute atomic E-state index is 0.0275. The standard InChI is InChI=1S/C25H32N2O7/c28-21-15-19(17-11-7-3-1-4-8-12-17)23(30)26(21)33-25(32)34-27-22(29)16-20(24(27)31)18-13-9-5-2-6-10-14-18/h1-3,5,17-20H,4,6-16H2/b3-1-,5-2-. The molecule has 0 bridgehead atoms. The van der Waals surface area contributed by atoms with Crippen LogP contribution in [-0.4, -0.2) is 39.9 Å². The number of rotatable bonds is 4. The van der Waals surface area contributed by atoms with Crippen molar-refractivity contribution < 1.29 is 33.6 Å². The summed E-state index contributed by atoms with van der Waals surface area (Å²) in [6.07, 6.45) is 15.6. The molecule has 9 nitrogen and oxygen atoms in total. The van der Waals surface area contributed by atoms with E-state index in [4.69, 9.17) is 9.68 Å². The molecule has 0 radical (unpaired) electrons. The number of carbonyl (C=O) groups is 5. The molecule has 4 unspecified atom stereocenters. The number of hydroxylamine groups is 4. The molecule has 4 rings (SSSR count). The number of imide groups is 2. The zero-order chi connectivity index (χ0) is 24.1. The van der Waals surface area contributed by atoms with Gasteiger partial charge in [-0.2, -0.15) is 4.79 Å². The monoisotopic (exact) mass is 472 g/mol. The van der Waals surface area contributed by atoms with Crippen molar-refractivity contribution >= 4 is 29.8 Å². The molecule has 4 aliphatic rings. The average molecular weight is 473 g/mol. The molecular weight excluding hydrogens is 440 g/mol. The fraction of sp³-hybridized carbons (Fsp3) is 0.640. The van der Waals surface area contributed by atoms with Crippen molar-refractivity contribution in [3.8, 4) is 0 Å². The predicted octanol–water partition coefficient (Wildman–Crippen LogP) is 3.99. The highest BCUT2D eigenvalue weighted by Gasteiger charge is 2.48. The van der Waals surface area contributed by atoms with Crippen LogP contribution in [0.25, 0.3) is 0 Å². The van der Waals surface area contributed by atoms with Gasteiger partial charge in [0.2, 0.25) is 0 Å². The van der Waals surface area contributed by atoms with Crippen LogP contribution >= 0.6 is 0 Å². The Labute approximate surface area is 199 Å². The molecule has 2 saturated heterocycles. The summed E-state index contributed by atoms with van der Waals surface area (Å²) in [6, 6.07) is 0. The van der Waals surface area contributed by atoms with E-state index in [2.05, 4.69) is 24.3 Å². The number of hydrogen-bond acceptors (Lipinski definition) is 7. The third kappa shape index (κ3) is 5.39. The van der Waals surface area contributed by atoms with Crippen molar-refractivity contribution in [3.63, 3.8) is 0 Å². The quantitative estimate of drug-likeness (QED) is 0.449. The van der Waals surface area contributed by atoms with Gasteiger partial charge in [0.1, 0.15) is 0 Å². The van der Waals surface area contributed by atoms with Crippen molar-refractivity contribution in [1.82, 2.24) is 10.1 Å². The minimum Gasteiger partial charge on any atom is -0.293 e. The summed E-state index contributed by atoms with van der Waals surface area (Å²) in [6.45, 7) is 0. The molecule has 0 aromatic carbocycles. The first kappa shape index (κ1) is 24.2. The molecule has 2 aliphatic carbocycles. The summed E-state index contributed by atoms with van der Waals surface area (Å²) in [5.41, 5.74) is 0. The molecule has 2 heterocycles. The van der Waals surface area contributed by atoms with Crippen molar-refractivity contribution in [2.75, 3.05) is 0 Å². The van der Waals surface area contributed by atoms with Gasteiger partial charge in [0, 0.05) is 12.8 Å². The van der Waals surface area contributed by atoms with Crippen molar-refractivity contribution in [2.45, 2.75) is 77.0 Å². The number of hydrogen-bond donors (Lipinski definition) is 0. The van der Waals surface area contributed by atoms with Crippen LogP contribution in [0.5, 0.6) is 0 Å². The van der Waals surface area contributed by atoms with E-state index < -0.39 is 41.6 Å². The van der Waals surface area contributed by atoms with Gasteiger partial charge in [-0.15, -0.1) is 0 Å². The summed E-state index contributed by atoms with van der Waals surface area (Å²) in [7, 11) is 0. The number of amides is 4. The molecule has 4 amide bonds. The van der Waals surface area contributed by atoms with Crippen LogP contribution in [0.2, 0.25) is 0 Å². The summed E-state index contributed by atoms with van der Waals surface area (Å²) >= 11 is 0. The normalized spacial score (nSPS) is 32.6. The second-order valence-corrected chi connectivity index (χ2v) is 9.59. The fourth-order valence-electron chi connectivity index (χ4n) is 5.54. The predicted molar refractivity (Wildman–Crippen MR) is 119 cm³/mol. The Morgan fingerprint density at radius 2 is 1.06 bits per heavy atom. The first-order valence-corrected chi connectivity index (χ1v) is 12.4. The van der Waals surface area contributed by atoms with Gasteiger partial charge < -0.3 is 0 Å². The Hall–Kier alpha value is -2.97. The lowest BCUT2D eigenvalue weighted by atomic mass is 9.82. The van der Waals surface area contributed by atoms with Gasteiger partial charge in [0.15, 0.2) is 0 Å². The summed E-state index contributed by atoms with van der Waals surface area (Å²) in [4.78, 5) is 72.6. The molecule has 0 N–H and O–H groups in total. The Morgan fingerprint density at radius 3 is 1.50 bits per heavy atom. The SMILES string of the molecule is O=C(ON1C(=O)CC(C2CC/C=C\CCC2)C1=O)ON1C(=O)CC(C2CC/C=C\CCC2)C1=O. The zero-order valence-corrected chi connectivity index (χ0v) is 19.4. The minimum atomic E-state index is -1.44. The molecule has 0 aromatic rings. The van der Waals surface area contributed by atoms with Crippen molar-refractivity contribution in [1.29, 1.82) is 0 Å². The number of nitrogens with zero attached hydrogens (tertiary/aromatic N) is 2. The molecule has 9 heteroatoms. The molecule has 0 aromatic heterocycles. The maximum absolute atomic E-state index is 12.8. The van der Waals surface area contributed by atoms with Crippen LogP contribution in [0.3, 0.4) is 0 Å². The molecule has 2 fully saturated rings. The smallest absolute Gasteiger partial charge is 0.293 e. The van der Waals surface area contributed by atoms with E-state index >= 15 is 0 Å². The Morgan fingerprint density at radius 1 is 0.647 bits per heavy atom. The van der Waals surface area contributed by atoms with E-state index in [1.54, 1.807) is 0 Å². The van der Waals surface area contributed by atoms with Crippen LogP contribution < -0.4 is 0 Å². The van der Waals surface area contributed by atoms with Crippen LogP contribution in [0.15, 0.2) is 24.3 Å². The summed E-state index contributed by atoms with van der Waals surface area (Å²) in [5, 5.41) is 0.872. The summed E-state index contributed by atoms with van der Waals surface area (Å²) < 4.78 is 0. The van der Waals surface area contributed by atoms with Gasteiger partial charge in [-0.25, -0.2) is 0 Å². The third-order valence-electron chi connectivity index (χ3n) is 7.38. The lowest BCUT2D eigenvalue weighted by Crippen LogP contribution is -2.39. The van der Waals surface area contributed by atoms with Gasteiger partial charge in [0.25, 0.3) is 23.6 Å². The van der Waals surface area contributed by atoms with E-state index in [-0.39, 0.29) is 24.7 Å². The molecular formula is C25H32N2O7. The molecule has 0 saturated carbocycles. The lowest BCUT2D eigenvalue weighted by Gasteiger charge is -2.23. The van der Waals surface area contributed by atoms with Gasteiger partial charge in [-0.05, 0) is 76.0 Å². The first-order valence-electron chi connectivity index (χ1n) is 12.4. The average Bonchev–Trinajstić information content (AvgIpc) is 3.18. The van der Waals surface area contributed by atoms with E-state index in [0.717, 1.165) is 64.2 Å². The van der Waals surface area contributed by atoms with E-state index in [1.165, 1.54) is 0 Å². The topological polar surface area (TPSA) is 110 Å². The highest BCUT2D eigenvalue weighted by atomic mass is 16.9. The number of allylic oxidation sites excluding steroid dienone is 4. The Bertz CT molecular complexity index is 826. The van der Waals surface area contributed by atoms with Gasteiger partial charge in [-0.1, -0.05) is 34.4 Å². The maximum atomic E-state index is 12.8.